The highest BCUT2D eigenvalue weighted by molar-refractivity contribution is 5.98. The lowest BCUT2D eigenvalue weighted by molar-refractivity contribution is -0.141. The van der Waals surface area contributed by atoms with Crippen LogP contribution in [0.5, 0.6) is 0 Å². The monoisotopic (exact) mass is 1080 g/mol. The minimum atomic E-state index is -1.56. The number of aliphatic carboxylic acids is 6. The Morgan fingerprint density at radius 1 is 0.519 bits per heavy atom. The van der Waals surface area contributed by atoms with Gasteiger partial charge >= 0.3 is 41.8 Å². The Morgan fingerprint density at radius 3 is 1.60 bits per heavy atom. The van der Waals surface area contributed by atoms with E-state index in [1.807, 2.05) is 53.4 Å². The lowest BCUT2D eigenvalue weighted by Gasteiger charge is -2.32. The maximum absolute atomic E-state index is 13.9. The second-order valence-electron chi connectivity index (χ2n) is 19.4. The maximum atomic E-state index is 13.9. The van der Waals surface area contributed by atoms with Gasteiger partial charge in [-0.3, -0.25) is 53.2 Å². The number of carboxylic acids is 6. The summed E-state index contributed by atoms with van der Waals surface area (Å²) in [5.74, 6) is -8.58. The van der Waals surface area contributed by atoms with Crippen molar-refractivity contribution in [1.82, 2.24) is 46.2 Å². The average Bonchev–Trinajstić information content (AvgIpc) is 3.78. The smallest absolute Gasteiger partial charge is 0.326 e. The highest BCUT2D eigenvalue weighted by Crippen LogP contribution is 2.28. The largest absolute Gasteiger partial charge is 0.481 e. The molecule has 3 aromatic carbocycles. The molecule has 5 rings (SSSR count). The van der Waals surface area contributed by atoms with Crippen LogP contribution in [-0.4, -0.2) is 220 Å². The predicted molar refractivity (Wildman–Crippen MR) is 276 cm³/mol. The molecule has 1 aliphatic heterocycles. The van der Waals surface area contributed by atoms with Crippen LogP contribution in [0, 0.1) is 5.92 Å². The van der Waals surface area contributed by atoms with Gasteiger partial charge in [-0.25, -0.2) is 14.4 Å². The molecule has 5 amide bonds. The number of hydrogen-bond acceptors (Lipinski definition) is 14. The Labute approximate surface area is 443 Å². The first-order chi connectivity index (χ1) is 36.7. The van der Waals surface area contributed by atoms with Crippen molar-refractivity contribution in [2.24, 2.45) is 5.92 Å². The Hall–Kier alpha value is -7.74. The fraction of sp³-hybridized carbons (Fsp3) is 0.500. The second-order valence-corrected chi connectivity index (χ2v) is 19.4. The Bertz CT molecular complexity index is 2570. The molecule has 3 aromatic rings. The summed E-state index contributed by atoms with van der Waals surface area (Å²) in [4.78, 5) is 130. The molecular weight excluding hydrogens is 1010 g/mol. The molecule has 25 nitrogen and oxygen atoms in total. The zero-order chi connectivity index (χ0) is 56.0. The molecule has 0 aromatic heterocycles. The van der Waals surface area contributed by atoms with E-state index in [0.29, 0.717) is 38.0 Å². The number of rotatable bonds is 27. The SMILES string of the molecule is O=C(O)CC[C@H](NC(=O)N[C@@H](CCCCNC(=O)[C@H](Cc1ccc2ccccc2c1)NC(=O)c1ccc2c(c1)CC(CNC(=O)CN1CCN(CC(=O)O)CCN(CC(=O)O)CCN(CC(=O)O)CC1)C2)C(=O)O)C(=O)O. The highest BCUT2D eigenvalue weighted by Gasteiger charge is 2.29. The van der Waals surface area contributed by atoms with Crippen LogP contribution in [0.1, 0.15) is 59.2 Å². The summed E-state index contributed by atoms with van der Waals surface area (Å²) < 4.78 is 0. The third-order valence-electron chi connectivity index (χ3n) is 13.4. The molecule has 1 heterocycles. The highest BCUT2D eigenvalue weighted by atomic mass is 16.4. The van der Waals surface area contributed by atoms with Crippen molar-refractivity contribution in [2.45, 2.75) is 69.5 Å². The number of carbonyl (C=O) groups excluding carboxylic acids is 4. The second kappa shape index (κ2) is 30.1. The topological polar surface area (TPSA) is 365 Å². The molecule has 4 atom stereocenters. The van der Waals surface area contributed by atoms with Gasteiger partial charge < -0.3 is 57.2 Å². The standard InChI is InChI=1S/C52H69N9O16/c62-43(29-58-15-17-59(30-45(65)66)19-21-61(32-47(69)70)22-20-60(18-16-58)31-46(67)68)54-28-34-24-37-10-11-38(27-39(37)25-34)48(71)55-42(26-33-8-9-35-5-1-2-6-36(35)23-33)49(72)53-14-4-3-7-40(50(73)74)56-52(77)57-41(51(75)76)12-13-44(63)64/h1-2,5-6,8-11,23,27,34,40-42H,3-4,7,12-22,24-26,28-32H2,(H,53,72)(H,54,62)(H,55,71)(H,63,64)(H,65,66)(H,67,68)(H,69,70)(H,73,74)(H,75,76)(H2,56,57,77)/t34?,40-,41-,42-/m0/s1. The molecule has 25 heteroatoms. The van der Waals surface area contributed by atoms with Crippen molar-refractivity contribution in [3.63, 3.8) is 0 Å². The van der Waals surface area contributed by atoms with Crippen molar-refractivity contribution in [2.75, 3.05) is 91.6 Å². The number of urea groups is 1. The van der Waals surface area contributed by atoms with Gasteiger partial charge in [-0.05, 0) is 84.0 Å². The molecule has 0 bridgehead atoms. The molecule has 1 aliphatic carbocycles. The summed E-state index contributed by atoms with van der Waals surface area (Å²) >= 11 is 0. The molecule has 2 aliphatic rings. The van der Waals surface area contributed by atoms with Crippen molar-refractivity contribution in [1.29, 1.82) is 0 Å². The summed E-state index contributed by atoms with van der Waals surface area (Å²) in [7, 11) is 0. The maximum Gasteiger partial charge on any atom is 0.326 e. The average molecular weight is 1080 g/mol. The molecule has 0 radical (unpaired) electrons. The third kappa shape index (κ3) is 21.1. The van der Waals surface area contributed by atoms with Crippen LogP contribution in [-0.2, 0) is 57.6 Å². The number of hydrogen-bond donors (Lipinski definition) is 11. The number of nitrogens with one attached hydrogen (secondary N) is 5. The number of carbonyl (C=O) groups is 10. The van der Waals surface area contributed by atoms with Crippen LogP contribution in [0.4, 0.5) is 4.79 Å². The number of fused-ring (bicyclic) bond motifs is 2. The zero-order valence-electron chi connectivity index (χ0n) is 42.7. The lowest BCUT2D eigenvalue weighted by atomic mass is 10.0. The Morgan fingerprint density at radius 2 is 1.05 bits per heavy atom. The first-order valence-corrected chi connectivity index (χ1v) is 25.4. The van der Waals surface area contributed by atoms with Crippen molar-refractivity contribution >= 4 is 70.3 Å². The van der Waals surface area contributed by atoms with Crippen LogP contribution < -0.4 is 26.6 Å². The minimum Gasteiger partial charge on any atom is -0.481 e. The molecule has 11 N–H and O–H groups in total. The van der Waals surface area contributed by atoms with E-state index in [0.717, 1.165) is 27.5 Å². The molecular formula is C52H69N9O16. The molecule has 0 spiro atoms. The predicted octanol–water partition coefficient (Wildman–Crippen LogP) is -0.156. The molecule has 1 saturated heterocycles. The first kappa shape index (κ1) is 60.1. The van der Waals surface area contributed by atoms with Crippen LogP contribution in [0.25, 0.3) is 10.8 Å². The van der Waals surface area contributed by atoms with E-state index in [1.54, 1.807) is 26.8 Å². The van der Waals surface area contributed by atoms with Crippen molar-refractivity contribution < 1.29 is 78.6 Å². The van der Waals surface area contributed by atoms with Gasteiger partial charge in [-0.15, -0.1) is 0 Å². The van der Waals surface area contributed by atoms with Crippen LogP contribution in [0.15, 0.2) is 60.7 Å². The number of nitrogens with zero attached hydrogens (tertiary/aromatic N) is 4. The number of carboxylic acid groups (broad SMARTS) is 6. The Kier molecular flexibility index (Phi) is 23.5. The van der Waals surface area contributed by atoms with Gasteiger partial charge in [0.05, 0.1) is 26.2 Å². The quantitative estimate of drug-likeness (QED) is 0.0442. The summed E-state index contributed by atoms with van der Waals surface area (Å²) in [6.07, 6.45) is 0.752. The fourth-order valence-corrected chi connectivity index (χ4v) is 9.30. The van der Waals surface area contributed by atoms with Crippen molar-refractivity contribution in [3.8, 4) is 0 Å². The zero-order valence-corrected chi connectivity index (χ0v) is 42.7. The first-order valence-electron chi connectivity index (χ1n) is 25.4. The van der Waals surface area contributed by atoms with Gasteiger partial charge in [0.2, 0.25) is 11.8 Å². The van der Waals surface area contributed by atoms with E-state index < -0.39 is 84.6 Å². The molecule has 1 fully saturated rings. The third-order valence-corrected chi connectivity index (χ3v) is 13.4. The van der Waals surface area contributed by atoms with E-state index >= 15 is 0 Å². The van der Waals surface area contributed by atoms with Gasteiger partial charge in [-0.1, -0.05) is 48.5 Å². The van der Waals surface area contributed by atoms with Gasteiger partial charge in [0.15, 0.2) is 0 Å². The number of unbranched alkanes of at least 4 members (excludes halogenated alkanes) is 1. The van der Waals surface area contributed by atoms with Gasteiger partial charge in [0.25, 0.3) is 5.91 Å². The normalized spacial score (nSPS) is 17.0. The summed E-state index contributed by atoms with van der Waals surface area (Å²) in [5.41, 5.74) is 2.99. The molecule has 1 unspecified atom stereocenters. The van der Waals surface area contributed by atoms with E-state index in [1.165, 1.54) is 0 Å². The van der Waals surface area contributed by atoms with E-state index in [2.05, 4.69) is 26.6 Å². The van der Waals surface area contributed by atoms with Crippen LogP contribution >= 0.6 is 0 Å². The summed E-state index contributed by atoms with van der Waals surface area (Å²) in [6.45, 7) is 1.64. The summed E-state index contributed by atoms with van der Waals surface area (Å²) in [6, 6.07) is 13.6. The summed E-state index contributed by atoms with van der Waals surface area (Å²) in [5, 5.41) is 71.4. The van der Waals surface area contributed by atoms with Gasteiger partial charge in [0.1, 0.15) is 18.1 Å². The van der Waals surface area contributed by atoms with E-state index in [4.69, 9.17) is 5.11 Å². The minimum absolute atomic E-state index is 0.00527. The Balaban J connectivity index is 1.16. The van der Waals surface area contributed by atoms with Gasteiger partial charge in [0, 0.05) is 83.9 Å². The molecule has 0 saturated carbocycles. The van der Waals surface area contributed by atoms with Gasteiger partial charge in [-0.2, -0.15) is 0 Å². The van der Waals surface area contributed by atoms with Crippen LogP contribution in [0.2, 0.25) is 0 Å². The number of benzene rings is 3. The molecule has 77 heavy (non-hydrogen) atoms. The van der Waals surface area contributed by atoms with E-state index in [9.17, 15) is 73.5 Å². The number of amides is 5. The fourth-order valence-electron chi connectivity index (χ4n) is 9.30. The van der Waals surface area contributed by atoms with Crippen LogP contribution in [0.3, 0.4) is 0 Å². The van der Waals surface area contributed by atoms with E-state index in [-0.39, 0.29) is 110 Å². The molecule has 418 valence electrons. The van der Waals surface area contributed by atoms with Crippen molar-refractivity contribution in [3.05, 3.63) is 82.9 Å². The lowest BCUT2D eigenvalue weighted by Crippen LogP contribution is -2.51.